The van der Waals surface area contributed by atoms with Gasteiger partial charge in [-0.2, -0.15) is 4.98 Å². The smallest absolute Gasteiger partial charge is 0.351 e. The van der Waals surface area contributed by atoms with Crippen molar-refractivity contribution in [3.8, 4) is 0 Å². The van der Waals surface area contributed by atoms with Crippen molar-refractivity contribution in [1.82, 2.24) is 9.55 Å². The molecule has 0 bridgehead atoms. The minimum atomic E-state index is -1.73. The van der Waals surface area contributed by atoms with Crippen molar-refractivity contribution >= 4 is 22.7 Å². The van der Waals surface area contributed by atoms with Crippen LogP contribution in [0.5, 0.6) is 0 Å². The lowest BCUT2D eigenvalue weighted by Crippen LogP contribution is -2.46. The van der Waals surface area contributed by atoms with Crippen molar-refractivity contribution in [2.24, 2.45) is 0 Å². The Morgan fingerprint density at radius 1 is 1.38 bits per heavy atom. The highest BCUT2D eigenvalue weighted by molar-refractivity contribution is 8.14. The van der Waals surface area contributed by atoms with E-state index in [9.17, 15) is 19.8 Å². The van der Waals surface area contributed by atoms with E-state index in [1.54, 1.807) is 24.3 Å². The number of aliphatic hydroxyl groups excluding tert-OH is 1. The maximum Gasteiger partial charge on any atom is 0.351 e. The van der Waals surface area contributed by atoms with Gasteiger partial charge in [0.2, 0.25) is 5.12 Å². The Balaban J connectivity index is 1.74. The zero-order valence-electron chi connectivity index (χ0n) is 14.0. The number of benzene rings is 1. The number of nitrogens with zero attached hydrogens (tertiary/aromatic N) is 2. The summed E-state index contributed by atoms with van der Waals surface area (Å²) in [5.41, 5.74) is 3.57. The number of hydrogen-bond donors (Lipinski definition) is 3. The van der Waals surface area contributed by atoms with Crippen molar-refractivity contribution < 1.29 is 19.7 Å². The highest BCUT2D eigenvalue weighted by atomic mass is 32.2. The lowest BCUT2D eigenvalue weighted by molar-refractivity contribution is -0.0969. The molecule has 0 spiro atoms. The molecule has 4 N–H and O–H groups in total. The molecule has 2 aromatic rings. The van der Waals surface area contributed by atoms with E-state index in [2.05, 4.69) is 4.98 Å². The Kier molecular flexibility index (Phi) is 5.15. The van der Waals surface area contributed by atoms with Crippen LogP contribution in [0.2, 0.25) is 0 Å². The number of thioether (sulfide) groups is 1. The summed E-state index contributed by atoms with van der Waals surface area (Å²) in [7, 11) is 0. The van der Waals surface area contributed by atoms with Crippen LogP contribution >= 0.6 is 11.8 Å². The van der Waals surface area contributed by atoms with Crippen LogP contribution in [0.15, 0.2) is 47.4 Å². The number of carbonyl (C=O) groups is 1. The van der Waals surface area contributed by atoms with Crippen molar-refractivity contribution in [3.05, 3.63) is 58.6 Å². The van der Waals surface area contributed by atoms with Crippen molar-refractivity contribution in [1.29, 1.82) is 0 Å². The minimum absolute atomic E-state index is 0.0463. The third kappa shape index (κ3) is 3.51. The van der Waals surface area contributed by atoms with Crippen LogP contribution in [-0.4, -0.2) is 48.4 Å². The molecule has 4 atom stereocenters. The van der Waals surface area contributed by atoms with Gasteiger partial charge in [-0.1, -0.05) is 42.1 Å². The van der Waals surface area contributed by atoms with Crippen LogP contribution in [0.3, 0.4) is 0 Å². The number of aliphatic hydroxyl groups is 2. The van der Waals surface area contributed by atoms with Crippen LogP contribution in [0, 0.1) is 0 Å². The number of hydrogen-bond acceptors (Lipinski definition) is 8. The predicted octanol–water partition coefficient (Wildman–Crippen LogP) is 0.408. The maximum atomic E-state index is 12.2. The van der Waals surface area contributed by atoms with Crippen molar-refractivity contribution in [2.45, 2.75) is 31.0 Å². The average Bonchev–Trinajstić information content (AvgIpc) is 2.84. The van der Waals surface area contributed by atoms with E-state index < -0.39 is 29.7 Å². The molecule has 1 aliphatic heterocycles. The predicted molar refractivity (Wildman–Crippen MR) is 96.7 cm³/mol. The molecule has 1 aromatic carbocycles. The van der Waals surface area contributed by atoms with E-state index in [1.165, 1.54) is 19.2 Å². The average molecular weight is 377 g/mol. The third-order valence-electron chi connectivity index (χ3n) is 4.25. The molecule has 26 heavy (non-hydrogen) atoms. The van der Waals surface area contributed by atoms with Gasteiger partial charge in [0.05, 0.1) is 6.10 Å². The topological polar surface area (TPSA) is 128 Å². The van der Waals surface area contributed by atoms with Gasteiger partial charge in [0.25, 0.3) is 0 Å². The van der Waals surface area contributed by atoms with E-state index >= 15 is 0 Å². The van der Waals surface area contributed by atoms with E-state index in [-0.39, 0.29) is 16.7 Å². The Hall–Kier alpha value is -2.20. The summed E-state index contributed by atoms with van der Waals surface area (Å²) in [6.45, 7) is 1.37. The number of anilines is 1. The molecular weight excluding hydrogens is 358 g/mol. The normalized spacial score (nSPS) is 28.2. The number of aromatic nitrogens is 2. The zero-order valence-corrected chi connectivity index (χ0v) is 14.8. The van der Waals surface area contributed by atoms with Crippen LogP contribution < -0.4 is 11.4 Å². The van der Waals surface area contributed by atoms with Crippen LogP contribution in [0.1, 0.15) is 23.5 Å². The maximum absolute atomic E-state index is 12.2. The van der Waals surface area contributed by atoms with Gasteiger partial charge in [-0.3, -0.25) is 9.36 Å². The summed E-state index contributed by atoms with van der Waals surface area (Å²) in [6.07, 6.45) is -1.91. The summed E-state index contributed by atoms with van der Waals surface area (Å²) in [5, 5.41) is 20.9. The monoisotopic (exact) mass is 377 g/mol. The first kappa shape index (κ1) is 18.6. The van der Waals surface area contributed by atoms with Crippen LogP contribution in [0.25, 0.3) is 0 Å². The summed E-state index contributed by atoms with van der Waals surface area (Å²) >= 11 is 0.977. The number of ether oxygens (including phenoxy) is 1. The molecular formula is C17H19N3O5S. The molecule has 3 rings (SSSR count). The largest absolute Gasteiger partial charge is 0.387 e. The highest BCUT2D eigenvalue weighted by Crippen LogP contribution is 2.38. The van der Waals surface area contributed by atoms with Gasteiger partial charge in [0, 0.05) is 17.5 Å². The van der Waals surface area contributed by atoms with Gasteiger partial charge >= 0.3 is 5.69 Å². The Labute approximate surface area is 153 Å². The van der Waals surface area contributed by atoms with Crippen LogP contribution in [0.4, 0.5) is 5.82 Å². The van der Waals surface area contributed by atoms with E-state index in [0.29, 0.717) is 5.56 Å². The molecule has 138 valence electrons. The molecule has 1 aromatic heterocycles. The fraction of sp³-hybridized carbons (Fsp3) is 0.353. The van der Waals surface area contributed by atoms with Gasteiger partial charge in [0.15, 0.2) is 6.23 Å². The van der Waals surface area contributed by atoms with Gasteiger partial charge in [-0.15, -0.1) is 0 Å². The first-order chi connectivity index (χ1) is 12.3. The molecule has 0 aliphatic carbocycles. The molecule has 9 heteroatoms. The zero-order chi connectivity index (χ0) is 18.9. The summed E-state index contributed by atoms with van der Waals surface area (Å²) < 4.78 is 6.76. The molecule has 0 radical (unpaired) electrons. The molecule has 1 aliphatic rings. The molecule has 0 saturated carbocycles. The number of nitrogens with two attached hydrogens (primary N) is 1. The molecule has 1 saturated heterocycles. The van der Waals surface area contributed by atoms with Gasteiger partial charge in [-0.25, -0.2) is 4.79 Å². The van der Waals surface area contributed by atoms with Crippen molar-refractivity contribution in [3.63, 3.8) is 0 Å². The van der Waals surface area contributed by atoms with E-state index in [1.807, 2.05) is 6.07 Å². The quantitative estimate of drug-likeness (QED) is 0.699. The molecule has 1 fully saturated rings. The molecule has 0 amide bonds. The third-order valence-corrected chi connectivity index (χ3v) is 5.24. The lowest BCUT2D eigenvalue weighted by atomic mass is 9.97. The second-order valence-corrected chi connectivity index (χ2v) is 7.20. The number of rotatable bonds is 4. The van der Waals surface area contributed by atoms with E-state index in [0.717, 1.165) is 16.3 Å². The highest BCUT2D eigenvalue weighted by Gasteiger charge is 2.53. The first-order valence-electron chi connectivity index (χ1n) is 7.93. The summed E-state index contributed by atoms with van der Waals surface area (Å²) in [5.74, 6) is 0.170. The Bertz CT molecular complexity index is 855. The van der Waals surface area contributed by atoms with Gasteiger partial charge in [0.1, 0.15) is 17.5 Å². The summed E-state index contributed by atoms with van der Waals surface area (Å²) in [4.78, 5) is 27.8. The molecule has 0 unspecified atom stereocenters. The first-order valence-corrected chi connectivity index (χ1v) is 8.92. The SMILES string of the molecule is C[C@@]1(O)[C@H](O)[C@@H](CSC(=O)c2ccccc2)O[C@H]1n1ccc(N)nc1=O. The molecule has 8 nitrogen and oxygen atoms in total. The van der Waals surface area contributed by atoms with Gasteiger partial charge in [-0.05, 0) is 13.0 Å². The van der Waals surface area contributed by atoms with E-state index in [4.69, 9.17) is 10.5 Å². The van der Waals surface area contributed by atoms with Gasteiger partial charge < -0.3 is 20.7 Å². The fourth-order valence-corrected chi connectivity index (χ4v) is 3.68. The Morgan fingerprint density at radius 2 is 2.08 bits per heavy atom. The number of carbonyl (C=O) groups excluding carboxylic acids is 1. The summed E-state index contributed by atoms with van der Waals surface area (Å²) in [6, 6.07) is 10.1. The molecule has 2 heterocycles. The fourth-order valence-electron chi connectivity index (χ4n) is 2.80. The Morgan fingerprint density at radius 3 is 2.73 bits per heavy atom. The van der Waals surface area contributed by atoms with Crippen LogP contribution in [-0.2, 0) is 4.74 Å². The lowest BCUT2D eigenvalue weighted by Gasteiger charge is -2.27. The van der Waals surface area contributed by atoms with Crippen molar-refractivity contribution in [2.75, 3.05) is 11.5 Å². The standard InChI is InChI=1S/C17H19N3O5S/c1-17(24)13(21)11(9-26-14(22)10-5-3-2-4-6-10)25-15(17)20-8-7-12(18)19-16(20)23/h2-8,11,13,15,21,24H,9H2,1H3,(H2,18,19,23)/t11-,13-,15-,17-/m1/s1. The number of nitrogen functional groups attached to an aromatic ring is 1. The minimum Gasteiger partial charge on any atom is -0.387 e. The second kappa shape index (κ2) is 7.20. The second-order valence-electron chi connectivity index (χ2n) is 6.20.